The van der Waals surface area contributed by atoms with Gasteiger partial charge in [-0.3, -0.25) is 0 Å². The van der Waals surface area contributed by atoms with Crippen molar-refractivity contribution in [3.8, 4) is 0 Å². The minimum Gasteiger partial charge on any atom is -0.478 e. The molecule has 1 aliphatic rings. The maximum absolute atomic E-state index is 11.5. The van der Waals surface area contributed by atoms with E-state index in [0.29, 0.717) is 27.6 Å². The van der Waals surface area contributed by atoms with Crippen molar-refractivity contribution in [1.82, 2.24) is 9.97 Å². The molecule has 9 heteroatoms. The van der Waals surface area contributed by atoms with Gasteiger partial charge >= 0.3 is 5.97 Å². The van der Waals surface area contributed by atoms with E-state index in [2.05, 4.69) is 9.97 Å². The van der Waals surface area contributed by atoms with Crippen LogP contribution in [0.25, 0.3) is 22.1 Å². The van der Waals surface area contributed by atoms with Crippen LogP contribution < -0.4 is 0 Å². The van der Waals surface area contributed by atoms with Gasteiger partial charge in [0.2, 0.25) is 0 Å². The third kappa shape index (κ3) is 3.51. The molecule has 1 unspecified atom stereocenters. The number of aliphatic hydroxyl groups is 3. The molecule has 4 N–H and O–H groups in total. The van der Waals surface area contributed by atoms with E-state index in [1.807, 2.05) is 0 Å². The Bertz CT molecular complexity index is 1110. The van der Waals surface area contributed by atoms with Gasteiger partial charge in [0.1, 0.15) is 23.8 Å². The number of rotatable bonds is 4. The number of hydrogen-bond acceptors (Lipinski definition) is 8. The highest BCUT2D eigenvalue weighted by atomic mass is 16.7. The summed E-state index contributed by atoms with van der Waals surface area (Å²) in [5.74, 6) is -1.08. The van der Waals surface area contributed by atoms with Crippen LogP contribution in [-0.4, -0.2) is 67.1 Å². The molecule has 6 atom stereocenters. The Morgan fingerprint density at radius 3 is 2.33 bits per heavy atom. The van der Waals surface area contributed by atoms with Crippen molar-refractivity contribution in [2.75, 3.05) is 0 Å². The van der Waals surface area contributed by atoms with Gasteiger partial charge in [-0.15, -0.1) is 0 Å². The van der Waals surface area contributed by atoms with E-state index in [1.165, 1.54) is 6.07 Å². The molecule has 30 heavy (non-hydrogen) atoms. The maximum atomic E-state index is 11.5. The highest BCUT2D eigenvalue weighted by Gasteiger charge is 2.43. The number of nitrogens with zero attached hydrogens (tertiary/aromatic N) is 2. The molecular formula is C21H22N2O7. The summed E-state index contributed by atoms with van der Waals surface area (Å²) >= 11 is 0. The third-order valence-corrected chi connectivity index (χ3v) is 5.34. The van der Waals surface area contributed by atoms with E-state index >= 15 is 0 Å². The van der Waals surface area contributed by atoms with Crippen LogP contribution in [0, 0.1) is 0 Å². The van der Waals surface area contributed by atoms with Gasteiger partial charge in [0.25, 0.3) is 0 Å². The van der Waals surface area contributed by atoms with Crippen LogP contribution in [0.3, 0.4) is 0 Å². The molecule has 0 aliphatic carbocycles. The lowest BCUT2D eigenvalue weighted by atomic mass is 10.00. The third-order valence-electron chi connectivity index (χ3n) is 5.34. The van der Waals surface area contributed by atoms with Crippen molar-refractivity contribution in [2.45, 2.75) is 50.7 Å². The van der Waals surface area contributed by atoms with Crippen molar-refractivity contribution in [3.05, 3.63) is 47.5 Å². The van der Waals surface area contributed by atoms with Crippen LogP contribution in [0.5, 0.6) is 0 Å². The van der Waals surface area contributed by atoms with Crippen molar-refractivity contribution < 1.29 is 34.7 Å². The zero-order chi connectivity index (χ0) is 21.6. The van der Waals surface area contributed by atoms with Crippen LogP contribution in [0.15, 0.2) is 36.4 Å². The molecule has 0 amide bonds. The van der Waals surface area contributed by atoms with E-state index < -0.39 is 42.8 Å². The van der Waals surface area contributed by atoms with Crippen molar-refractivity contribution >= 4 is 28.0 Å². The molecule has 158 valence electrons. The second-order valence-corrected chi connectivity index (χ2v) is 7.38. The molecule has 1 saturated heterocycles. The number of ether oxygens (including phenoxy) is 2. The molecule has 1 aromatic heterocycles. The standard InChI is InChI=1S/C21H22N2O7/c1-9(29-21-19(26)18(25)17(24)10(2)30-21)11-5-3-7-13-15(11)22-14-8-4-6-12(20(27)28)16(14)23-13/h3-10,17-19,21,24-26H,1-2H3,(H,27,28)/t9?,10-,17-,18+,19-,21-/m1/s1. The molecule has 0 spiro atoms. The van der Waals surface area contributed by atoms with Crippen LogP contribution in [-0.2, 0) is 9.47 Å². The minimum atomic E-state index is -1.42. The lowest BCUT2D eigenvalue weighted by molar-refractivity contribution is -0.303. The smallest absolute Gasteiger partial charge is 0.337 e. The SMILES string of the molecule is CC(O[C@@H]1O[C@H](C)[C@@H](O)[C@H](O)[C@H]1O)c1cccc2nc3c(C(=O)O)cccc3nc12. The average Bonchev–Trinajstić information content (AvgIpc) is 2.73. The summed E-state index contributed by atoms with van der Waals surface area (Å²) in [5, 5.41) is 39.5. The number of carboxylic acid groups (broad SMARTS) is 1. The summed E-state index contributed by atoms with van der Waals surface area (Å²) in [4.78, 5) is 20.6. The van der Waals surface area contributed by atoms with Gasteiger partial charge in [-0.25, -0.2) is 14.8 Å². The van der Waals surface area contributed by atoms with Gasteiger partial charge in [0.15, 0.2) is 6.29 Å². The number of para-hydroxylation sites is 2. The second-order valence-electron chi connectivity index (χ2n) is 7.38. The van der Waals surface area contributed by atoms with Gasteiger partial charge in [-0.05, 0) is 32.0 Å². The fourth-order valence-electron chi connectivity index (χ4n) is 3.64. The molecule has 0 saturated carbocycles. The first-order valence-electron chi connectivity index (χ1n) is 9.55. The zero-order valence-electron chi connectivity index (χ0n) is 16.3. The lowest BCUT2D eigenvalue weighted by Crippen LogP contribution is -2.57. The highest BCUT2D eigenvalue weighted by molar-refractivity contribution is 6.02. The number of aliphatic hydroxyl groups excluding tert-OH is 3. The van der Waals surface area contributed by atoms with Crippen LogP contribution in [0.4, 0.5) is 0 Å². The van der Waals surface area contributed by atoms with Gasteiger partial charge in [0, 0.05) is 5.56 Å². The van der Waals surface area contributed by atoms with Crippen LogP contribution in [0.1, 0.15) is 35.9 Å². The summed E-state index contributed by atoms with van der Waals surface area (Å²) in [6.45, 7) is 3.32. The first kappa shape index (κ1) is 20.6. The fraction of sp³-hybridized carbons (Fsp3) is 0.381. The van der Waals surface area contributed by atoms with Crippen molar-refractivity contribution in [3.63, 3.8) is 0 Å². The van der Waals surface area contributed by atoms with Crippen molar-refractivity contribution in [2.24, 2.45) is 0 Å². The van der Waals surface area contributed by atoms with E-state index in [9.17, 15) is 25.2 Å². The monoisotopic (exact) mass is 414 g/mol. The number of aromatic carboxylic acids is 1. The van der Waals surface area contributed by atoms with E-state index in [1.54, 1.807) is 44.2 Å². The summed E-state index contributed by atoms with van der Waals surface area (Å²) < 4.78 is 11.4. The second kappa shape index (κ2) is 7.86. The van der Waals surface area contributed by atoms with Gasteiger partial charge in [0.05, 0.1) is 34.3 Å². The maximum Gasteiger partial charge on any atom is 0.337 e. The Kier molecular flexibility index (Phi) is 5.39. The van der Waals surface area contributed by atoms with E-state index in [4.69, 9.17) is 9.47 Å². The predicted molar refractivity (Wildman–Crippen MR) is 106 cm³/mol. The number of carbonyl (C=O) groups is 1. The molecular weight excluding hydrogens is 392 g/mol. The highest BCUT2D eigenvalue weighted by Crippen LogP contribution is 2.31. The topological polar surface area (TPSA) is 142 Å². The first-order valence-corrected chi connectivity index (χ1v) is 9.55. The van der Waals surface area contributed by atoms with Gasteiger partial charge in [-0.2, -0.15) is 0 Å². The van der Waals surface area contributed by atoms with Crippen LogP contribution >= 0.6 is 0 Å². The molecule has 1 aliphatic heterocycles. The van der Waals surface area contributed by atoms with E-state index in [0.717, 1.165) is 0 Å². The number of hydrogen-bond donors (Lipinski definition) is 4. The molecule has 4 rings (SSSR count). The molecule has 0 radical (unpaired) electrons. The van der Waals surface area contributed by atoms with Gasteiger partial charge < -0.3 is 29.9 Å². The average molecular weight is 414 g/mol. The predicted octanol–water partition coefficient (Wildman–Crippen LogP) is 1.39. The molecule has 3 aromatic rings. The molecule has 2 heterocycles. The largest absolute Gasteiger partial charge is 0.478 e. The number of benzene rings is 2. The number of aromatic nitrogens is 2. The van der Waals surface area contributed by atoms with Gasteiger partial charge in [-0.1, -0.05) is 18.2 Å². The summed E-state index contributed by atoms with van der Waals surface area (Å²) in [6.07, 6.45) is -6.48. The normalized spacial score (nSPS) is 28.0. The Labute approximate surface area is 171 Å². The molecule has 9 nitrogen and oxygen atoms in total. The molecule has 0 bridgehead atoms. The Morgan fingerprint density at radius 2 is 1.63 bits per heavy atom. The molecule has 2 aromatic carbocycles. The van der Waals surface area contributed by atoms with Crippen LogP contribution in [0.2, 0.25) is 0 Å². The minimum absolute atomic E-state index is 0.0665. The Hall–Kier alpha value is -2.69. The van der Waals surface area contributed by atoms with Crippen molar-refractivity contribution in [1.29, 1.82) is 0 Å². The summed E-state index contributed by atoms with van der Waals surface area (Å²) in [7, 11) is 0. The fourth-order valence-corrected chi connectivity index (χ4v) is 3.64. The first-order chi connectivity index (χ1) is 14.3. The quantitative estimate of drug-likeness (QED) is 0.466. The Morgan fingerprint density at radius 1 is 1.00 bits per heavy atom. The number of fused-ring (bicyclic) bond motifs is 2. The van der Waals surface area contributed by atoms with E-state index in [-0.39, 0.29) is 5.56 Å². The lowest BCUT2D eigenvalue weighted by Gasteiger charge is -2.40. The summed E-state index contributed by atoms with van der Waals surface area (Å²) in [6, 6.07) is 10.0. The molecule has 1 fully saturated rings. The summed E-state index contributed by atoms with van der Waals surface area (Å²) in [5.41, 5.74) is 2.48. The zero-order valence-corrected chi connectivity index (χ0v) is 16.3. The number of carboxylic acids is 1. The Balaban J connectivity index is 1.71.